The van der Waals surface area contributed by atoms with E-state index in [1.165, 1.54) is 0 Å². The number of aryl methyl sites for hydroxylation is 2. The minimum absolute atomic E-state index is 0.106. The van der Waals surface area contributed by atoms with Crippen molar-refractivity contribution >= 4 is 5.91 Å². The summed E-state index contributed by atoms with van der Waals surface area (Å²) >= 11 is 0. The smallest absolute Gasteiger partial charge is 0.251 e. The molecule has 0 bridgehead atoms. The van der Waals surface area contributed by atoms with Crippen LogP contribution in [0.25, 0.3) is 0 Å². The van der Waals surface area contributed by atoms with Crippen molar-refractivity contribution in [3.8, 4) is 11.5 Å². The molecule has 2 aromatic rings. The first-order valence-corrected chi connectivity index (χ1v) is 8.73. The lowest BCUT2D eigenvalue weighted by atomic mass is 9.97. The molecule has 0 unspecified atom stereocenters. The van der Waals surface area contributed by atoms with E-state index < -0.39 is 0 Å². The third-order valence-corrected chi connectivity index (χ3v) is 4.05. The van der Waals surface area contributed by atoms with Crippen LogP contribution in [0.1, 0.15) is 54.9 Å². The lowest BCUT2D eigenvalue weighted by molar-refractivity contribution is 0.0952. The van der Waals surface area contributed by atoms with Gasteiger partial charge in [-0.2, -0.15) is 0 Å². The summed E-state index contributed by atoms with van der Waals surface area (Å²) in [5, 5.41) is 2.92. The van der Waals surface area contributed by atoms with E-state index in [-0.39, 0.29) is 11.3 Å². The van der Waals surface area contributed by atoms with Crippen LogP contribution in [0.15, 0.2) is 22.6 Å². The van der Waals surface area contributed by atoms with Gasteiger partial charge in [0.15, 0.2) is 17.4 Å². The number of oxazole rings is 1. The zero-order valence-electron chi connectivity index (χ0n) is 16.4. The first-order valence-electron chi connectivity index (χ1n) is 8.73. The molecular formula is C20H28N2O4. The average Bonchev–Trinajstić information content (AvgIpc) is 2.99. The summed E-state index contributed by atoms with van der Waals surface area (Å²) < 4.78 is 16.3. The van der Waals surface area contributed by atoms with Crippen LogP contribution < -0.4 is 14.8 Å². The highest BCUT2D eigenvalue weighted by Gasteiger charge is 2.22. The van der Waals surface area contributed by atoms with E-state index in [0.29, 0.717) is 23.6 Å². The van der Waals surface area contributed by atoms with Gasteiger partial charge in [-0.15, -0.1) is 0 Å². The minimum atomic E-state index is -0.143. The summed E-state index contributed by atoms with van der Waals surface area (Å²) in [7, 11) is 3.11. The van der Waals surface area contributed by atoms with Crippen molar-refractivity contribution in [3.63, 3.8) is 0 Å². The number of nitrogens with one attached hydrogen (secondary N) is 1. The molecule has 6 heteroatoms. The highest BCUT2D eigenvalue weighted by molar-refractivity contribution is 5.94. The molecule has 0 saturated heterocycles. The third-order valence-electron chi connectivity index (χ3n) is 4.05. The Morgan fingerprint density at radius 3 is 2.46 bits per heavy atom. The van der Waals surface area contributed by atoms with Crippen LogP contribution in [0.5, 0.6) is 11.5 Å². The molecule has 0 saturated carbocycles. The Labute approximate surface area is 154 Å². The van der Waals surface area contributed by atoms with Gasteiger partial charge in [0, 0.05) is 23.9 Å². The van der Waals surface area contributed by atoms with Crippen molar-refractivity contribution in [1.82, 2.24) is 10.3 Å². The molecule has 0 aliphatic rings. The number of hydrogen-bond acceptors (Lipinski definition) is 5. The molecule has 0 atom stereocenters. The number of aromatic nitrogens is 1. The fourth-order valence-corrected chi connectivity index (χ4v) is 2.51. The van der Waals surface area contributed by atoms with Crippen LogP contribution in [-0.2, 0) is 11.8 Å². The lowest BCUT2D eigenvalue weighted by Crippen LogP contribution is -2.24. The first kappa shape index (κ1) is 19.8. The molecule has 6 nitrogen and oxygen atoms in total. The quantitative estimate of drug-likeness (QED) is 0.763. The topological polar surface area (TPSA) is 73.6 Å². The second-order valence-corrected chi connectivity index (χ2v) is 7.21. The van der Waals surface area contributed by atoms with Crippen LogP contribution in [0, 0.1) is 6.92 Å². The second-order valence-electron chi connectivity index (χ2n) is 7.21. The molecule has 0 spiro atoms. The molecule has 0 fully saturated rings. The Morgan fingerprint density at radius 1 is 1.19 bits per heavy atom. The van der Waals surface area contributed by atoms with E-state index in [2.05, 4.69) is 31.1 Å². The van der Waals surface area contributed by atoms with Crippen molar-refractivity contribution < 1.29 is 18.7 Å². The van der Waals surface area contributed by atoms with E-state index in [0.717, 1.165) is 30.2 Å². The van der Waals surface area contributed by atoms with E-state index in [1.54, 1.807) is 32.4 Å². The molecule has 1 N–H and O–H groups in total. The summed E-state index contributed by atoms with van der Waals surface area (Å²) in [4.78, 5) is 16.8. The fraction of sp³-hybridized carbons (Fsp3) is 0.500. The van der Waals surface area contributed by atoms with Crippen molar-refractivity contribution in [1.29, 1.82) is 0 Å². The second kappa shape index (κ2) is 8.25. The molecular weight excluding hydrogens is 332 g/mol. The van der Waals surface area contributed by atoms with Gasteiger partial charge in [0.1, 0.15) is 5.76 Å². The average molecular weight is 360 g/mol. The van der Waals surface area contributed by atoms with Gasteiger partial charge in [0.05, 0.1) is 19.9 Å². The Hall–Kier alpha value is -2.50. The molecule has 0 aliphatic heterocycles. The first-order chi connectivity index (χ1) is 12.3. The molecule has 26 heavy (non-hydrogen) atoms. The van der Waals surface area contributed by atoms with Crippen LogP contribution in [0.4, 0.5) is 0 Å². The number of benzene rings is 1. The van der Waals surface area contributed by atoms with Gasteiger partial charge in [-0.1, -0.05) is 20.8 Å². The lowest BCUT2D eigenvalue weighted by Gasteiger charge is -2.12. The maximum atomic E-state index is 12.3. The number of amides is 1. The Bertz CT molecular complexity index is 760. The fourth-order valence-electron chi connectivity index (χ4n) is 2.51. The maximum Gasteiger partial charge on any atom is 0.251 e. The normalized spacial score (nSPS) is 11.3. The highest BCUT2D eigenvalue weighted by Crippen LogP contribution is 2.27. The summed E-state index contributed by atoms with van der Waals surface area (Å²) in [6, 6.07) is 5.11. The van der Waals surface area contributed by atoms with Gasteiger partial charge in [-0.25, -0.2) is 4.98 Å². The van der Waals surface area contributed by atoms with Gasteiger partial charge in [-0.05, 0) is 31.5 Å². The van der Waals surface area contributed by atoms with Crippen molar-refractivity contribution in [2.75, 3.05) is 20.8 Å². The Kier molecular flexibility index (Phi) is 6.29. The monoisotopic (exact) mass is 360 g/mol. The number of carbonyl (C=O) groups is 1. The predicted molar refractivity (Wildman–Crippen MR) is 100 cm³/mol. The molecule has 0 aliphatic carbocycles. The van der Waals surface area contributed by atoms with Gasteiger partial charge < -0.3 is 19.2 Å². The SMILES string of the molecule is COc1ccc(C(=O)NCCCc2oc(C(C)(C)C)nc2C)cc1OC. The largest absolute Gasteiger partial charge is 0.493 e. The van der Waals surface area contributed by atoms with Crippen molar-refractivity contribution in [2.45, 2.75) is 46.0 Å². The number of ether oxygens (including phenoxy) is 2. The van der Waals surface area contributed by atoms with Gasteiger partial charge in [0.25, 0.3) is 5.91 Å². The van der Waals surface area contributed by atoms with E-state index in [1.807, 2.05) is 6.92 Å². The molecule has 1 heterocycles. The number of rotatable bonds is 7. The molecule has 142 valence electrons. The van der Waals surface area contributed by atoms with Gasteiger partial charge in [-0.3, -0.25) is 4.79 Å². The summed E-state index contributed by atoms with van der Waals surface area (Å²) in [6.07, 6.45) is 1.51. The molecule has 2 rings (SSSR count). The number of carbonyl (C=O) groups excluding carboxylic acids is 1. The molecule has 1 aromatic carbocycles. The number of hydrogen-bond donors (Lipinski definition) is 1. The van der Waals surface area contributed by atoms with Crippen LogP contribution in [0.2, 0.25) is 0 Å². The van der Waals surface area contributed by atoms with Crippen LogP contribution in [-0.4, -0.2) is 31.7 Å². The zero-order chi connectivity index (χ0) is 19.3. The van der Waals surface area contributed by atoms with E-state index in [4.69, 9.17) is 13.9 Å². The number of nitrogens with zero attached hydrogens (tertiary/aromatic N) is 1. The highest BCUT2D eigenvalue weighted by atomic mass is 16.5. The summed E-state index contributed by atoms with van der Waals surface area (Å²) in [6.45, 7) is 8.73. The standard InChI is InChI=1S/C20H28N2O4/c1-13-15(26-19(22-13)20(2,3)4)8-7-11-21-18(23)14-9-10-16(24-5)17(12-14)25-6/h9-10,12H,7-8,11H2,1-6H3,(H,21,23). The summed E-state index contributed by atoms with van der Waals surface area (Å²) in [5.74, 6) is 2.62. The molecule has 0 radical (unpaired) electrons. The van der Waals surface area contributed by atoms with Gasteiger partial charge in [0.2, 0.25) is 0 Å². The summed E-state index contributed by atoms with van der Waals surface area (Å²) in [5.41, 5.74) is 1.35. The number of methoxy groups -OCH3 is 2. The Morgan fingerprint density at radius 2 is 1.88 bits per heavy atom. The maximum absolute atomic E-state index is 12.3. The Balaban J connectivity index is 1.88. The zero-order valence-corrected chi connectivity index (χ0v) is 16.4. The molecule has 1 amide bonds. The van der Waals surface area contributed by atoms with Crippen molar-refractivity contribution in [2.24, 2.45) is 0 Å². The van der Waals surface area contributed by atoms with Crippen LogP contribution >= 0.6 is 0 Å². The van der Waals surface area contributed by atoms with Crippen molar-refractivity contribution in [3.05, 3.63) is 41.1 Å². The minimum Gasteiger partial charge on any atom is -0.493 e. The van der Waals surface area contributed by atoms with E-state index >= 15 is 0 Å². The third kappa shape index (κ3) is 4.77. The predicted octanol–water partition coefficient (Wildman–Crippen LogP) is 3.66. The molecule has 1 aromatic heterocycles. The van der Waals surface area contributed by atoms with E-state index in [9.17, 15) is 4.79 Å². The van der Waals surface area contributed by atoms with Crippen LogP contribution in [0.3, 0.4) is 0 Å². The van der Waals surface area contributed by atoms with Gasteiger partial charge >= 0.3 is 0 Å².